The van der Waals surface area contributed by atoms with Crippen LogP contribution >= 0.6 is 11.6 Å². The quantitative estimate of drug-likeness (QED) is 0.562. The largest absolute Gasteiger partial charge is 0.467 e. The van der Waals surface area contributed by atoms with Crippen LogP contribution in [-0.4, -0.2) is 18.0 Å². The van der Waals surface area contributed by atoms with Gasteiger partial charge >= 0.3 is 5.97 Å². The van der Waals surface area contributed by atoms with E-state index in [1.807, 2.05) is 6.07 Å². The Kier molecular flexibility index (Phi) is 6.34. The van der Waals surface area contributed by atoms with Crippen LogP contribution in [-0.2, 0) is 16.1 Å². The van der Waals surface area contributed by atoms with Gasteiger partial charge < -0.3 is 19.8 Å². The molecule has 0 aliphatic carbocycles. The summed E-state index contributed by atoms with van der Waals surface area (Å²) < 4.78 is 10.6. The van der Waals surface area contributed by atoms with Crippen molar-refractivity contribution in [1.29, 1.82) is 0 Å². The summed E-state index contributed by atoms with van der Waals surface area (Å²) in [5.41, 5.74) is 1.45. The van der Waals surface area contributed by atoms with E-state index in [9.17, 15) is 9.59 Å². The zero-order valence-electron chi connectivity index (χ0n) is 15.1. The summed E-state index contributed by atoms with van der Waals surface area (Å²) in [6, 6.07) is 17.3. The molecule has 0 fully saturated rings. The normalized spacial score (nSPS) is 11.5. The lowest BCUT2D eigenvalue weighted by Crippen LogP contribution is -2.30. The van der Waals surface area contributed by atoms with Gasteiger partial charge in [-0.1, -0.05) is 29.8 Å². The molecule has 1 heterocycles. The molecule has 0 spiro atoms. The van der Waals surface area contributed by atoms with E-state index in [1.54, 1.807) is 60.9 Å². The Morgan fingerprint density at radius 3 is 2.68 bits per heavy atom. The molecule has 6 nitrogen and oxygen atoms in total. The zero-order valence-corrected chi connectivity index (χ0v) is 15.9. The standard InChI is InChI=1S/C21H19ClN2O4/c1-14(20(25)24-16-7-4-6-15(22)12-16)28-21(26)18-9-2-3-10-19(18)23-13-17-8-5-11-27-17/h2-12,14,23H,13H2,1H3,(H,24,25)/t14-/m0/s1. The van der Waals surface area contributed by atoms with Crippen LogP contribution < -0.4 is 10.6 Å². The monoisotopic (exact) mass is 398 g/mol. The number of rotatable bonds is 7. The summed E-state index contributed by atoms with van der Waals surface area (Å²) in [7, 11) is 0. The van der Waals surface area contributed by atoms with E-state index in [1.165, 1.54) is 6.92 Å². The minimum absolute atomic E-state index is 0.330. The number of hydrogen-bond donors (Lipinski definition) is 2. The minimum Gasteiger partial charge on any atom is -0.467 e. The number of nitrogens with one attached hydrogen (secondary N) is 2. The van der Waals surface area contributed by atoms with E-state index in [-0.39, 0.29) is 0 Å². The van der Waals surface area contributed by atoms with Gasteiger partial charge in [-0.3, -0.25) is 4.79 Å². The van der Waals surface area contributed by atoms with Gasteiger partial charge in [-0.05, 0) is 49.4 Å². The Labute approximate surface area is 167 Å². The predicted octanol–water partition coefficient (Wildman–Crippen LogP) is 4.73. The number of esters is 1. The van der Waals surface area contributed by atoms with Crippen molar-refractivity contribution in [2.24, 2.45) is 0 Å². The van der Waals surface area contributed by atoms with E-state index >= 15 is 0 Å². The highest BCUT2D eigenvalue weighted by Gasteiger charge is 2.21. The fourth-order valence-electron chi connectivity index (χ4n) is 2.50. The first-order valence-corrected chi connectivity index (χ1v) is 9.03. The molecule has 2 N–H and O–H groups in total. The van der Waals surface area contributed by atoms with E-state index in [0.29, 0.717) is 28.5 Å². The lowest BCUT2D eigenvalue weighted by molar-refractivity contribution is -0.123. The predicted molar refractivity (Wildman–Crippen MR) is 107 cm³/mol. The smallest absolute Gasteiger partial charge is 0.341 e. The molecule has 1 aromatic heterocycles. The molecule has 0 aliphatic rings. The Bertz CT molecular complexity index is 957. The van der Waals surface area contributed by atoms with Gasteiger partial charge in [-0.15, -0.1) is 0 Å². The number of hydrogen-bond acceptors (Lipinski definition) is 5. The van der Waals surface area contributed by atoms with Crippen molar-refractivity contribution in [1.82, 2.24) is 0 Å². The molecule has 0 aliphatic heterocycles. The van der Waals surface area contributed by atoms with Crippen LogP contribution in [0, 0.1) is 0 Å². The van der Waals surface area contributed by atoms with Crippen molar-refractivity contribution in [2.45, 2.75) is 19.6 Å². The Morgan fingerprint density at radius 2 is 1.93 bits per heavy atom. The number of anilines is 2. The Morgan fingerprint density at radius 1 is 1.11 bits per heavy atom. The molecule has 0 saturated carbocycles. The van der Waals surface area contributed by atoms with Crippen LogP contribution in [0.1, 0.15) is 23.0 Å². The third-order valence-electron chi connectivity index (χ3n) is 3.93. The number of para-hydroxylation sites is 1. The third kappa shape index (κ3) is 5.14. The number of halogens is 1. The van der Waals surface area contributed by atoms with Crippen molar-refractivity contribution in [3.05, 3.63) is 83.3 Å². The average molecular weight is 399 g/mol. The molecule has 144 valence electrons. The highest BCUT2D eigenvalue weighted by Crippen LogP contribution is 2.19. The van der Waals surface area contributed by atoms with Crippen LogP contribution in [0.5, 0.6) is 0 Å². The molecule has 1 amide bonds. The lowest BCUT2D eigenvalue weighted by atomic mass is 10.1. The molecule has 0 saturated heterocycles. The van der Waals surface area contributed by atoms with Gasteiger partial charge in [0.2, 0.25) is 0 Å². The highest BCUT2D eigenvalue weighted by atomic mass is 35.5. The average Bonchev–Trinajstić information content (AvgIpc) is 3.20. The number of carbonyl (C=O) groups excluding carboxylic acids is 2. The number of benzene rings is 2. The molecular weight excluding hydrogens is 380 g/mol. The van der Waals surface area contributed by atoms with E-state index in [0.717, 1.165) is 5.76 Å². The molecule has 7 heteroatoms. The summed E-state index contributed by atoms with van der Waals surface area (Å²) >= 11 is 5.91. The van der Waals surface area contributed by atoms with Gasteiger partial charge in [0, 0.05) is 16.4 Å². The summed E-state index contributed by atoms with van der Waals surface area (Å²) in [4.78, 5) is 24.9. The van der Waals surface area contributed by atoms with Crippen LogP contribution in [0.25, 0.3) is 0 Å². The molecule has 0 bridgehead atoms. The van der Waals surface area contributed by atoms with Gasteiger partial charge in [-0.25, -0.2) is 4.79 Å². The fraction of sp³-hybridized carbons (Fsp3) is 0.143. The maximum atomic E-state index is 12.6. The highest BCUT2D eigenvalue weighted by molar-refractivity contribution is 6.30. The summed E-state index contributed by atoms with van der Waals surface area (Å²) in [6.45, 7) is 1.93. The van der Waals surface area contributed by atoms with Crippen molar-refractivity contribution in [2.75, 3.05) is 10.6 Å². The molecule has 3 rings (SSSR count). The van der Waals surface area contributed by atoms with E-state index in [2.05, 4.69) is 10.6 Å². The molecule has 1 atom stereocenters. The van der Waals surface area contributed by atoms with Crippen molar-refractivity contribution in [3.63, 3.8) is 0 Å². The summed E-state index contributed by atoms with van der Waals surface area (Å²) in [5, 5.41) is 6.30. The minimum atomic E-state index is -0.982. The lowest BCUT2D eigenvalue weighted by Gasteiger charge is -2.15. The Balaban J connectivity index is 1.62. The maximum Gasteiger partial charge on any atom is 0.341 e. The second-order valence-electron chi connectivity index (χ2n) is 6.03. The van der Waals surface area contributed by atoms with Gasteiger partial charge in [0.05, 0.1) is 18.4 Å². The summed E-state index contributed by atoms with van der Waals surface area (Å²) in [5.74, 6) is -0.314. The molecule has 3 aromatic rings. The SMILES string of the molecule is C[C@H](OC(=O)c1ccccc1NCc1ccco1)C(=O)Nc1cccc(Cl)c1. The first kappa shape index (κ1) is 19.5. The molecule has 28 heavy (non-hydrogen) atoms. The number of ether oxygens (including phenoxy) is 1. The first-order valence-electron chi connectivity index (χ1n) is 8.65. The van der Waals surface area contributed by atoms with Crippen LogP contribution in [0.3, 0.4) is 0 Å². The molecule has 0 radical (unpaired) electrons. The third-order valence-corrected chi connectivity index (χ3v) is 4.16. The van der Waals surface area contributed by atoms with Gasteiger partial charge in [0.25, 0.3) is 5.91 Å². The maximum absolute atomic E-state index is 12.6. The molecular formula is C21H19ClN2O4. The van der Waals surface area contributed by atoms with Crippen molar-refractivity contribution < 1.29 is 18.7 Å². The second kappa shape index (κ2) is 9.10. The van der Waals surface area contributed by atoms with Crippen molar-refractivity contribution in [3.8, 4) is 0 Å². The van der Waals surface area contributed by atoms with Gasteiger partial charge in [-0.2, -0.15) is 0 Å². The number of carbonyl (C=O) groups is 2. The van der Waals surface area contributed by atoms with E-state index in [4.69, 9.17) is 20.8 Å². The van der Waals surface area contributed by atoms with Gasteiger partial charge in [0.15, 0.2) is 6.10 Å². The summed E-state index contributed by atoms with van der Waals surface area (Å²) in [6.07, 6.45) is 0.599. The van der Waals surface area contributed by atoms with Crippen LogP contribution in [0.15, 0.2) is 71.3 Å². The molecule has 2 aromatic carbocycles. The Hall–Kier alpha value is -3.25. The van der Waals surface area contributed by atoms with E-state index < -0.39 is 18.0 Å². The van der Waals surface area contributed by atoms with Crippen LogP contribution in [0.2, 0.25) is 5.02 Å². The van der Waals surface area contributed by atoms with Gasteiger partial charge in [0.1, 0.15) is 5.76 Å². The fourth-order valence-corrected chi connectivity index (χ4v) is 2.69. The van der Waals surface area contributed by atoms with Crippen molar-refractivity contribution >= 4 is 34.9 Å². The molecule has 0 unspecified atom stereocenters. The number of furan rings is 1. The first-order chi connectivity index (χ1) is 13.5. The number of amides is 1. The van der Waals surface area contributed by atoms with Crippen LogP contribution in [0.4, 0.5) is 11.4 Å². The zero-order chi connectivity index (χ0) is 19.9. The second-order valence-corrected chi connectivity index (χ2v) is 6.46. The topological polar surface area (TPSA) is 80.6 Å².